The minimum Gasteiger partial charge on any atom is -0.289 e. The van der Waals surface area contributed by atoms with Crippen molar-refractivity contribution in [2.45, 2.75) is 20.3 Å². The fourth-order valence-corrected chi connectivity index (χ4v) is 1.13. The number of hydrogen-bond acceptors (Lipinski definition) is 4. The van der Waals surface area contributed by atoms with Crippen molar-refractivity contribution in [3.05, 3.63) is 0 Å². The van der Waals surface area contributed by atoms with E-state index in [-0.39, 0.29) is 6.42 Å². The van der Waals surface area contributed by atoms with Gasteiger partial charge in [-0.1, -0.05) is 6.92 Å². The third kappa shape index (κ3) is 0.776. The Balaban J connectivity index is 3.25. The van der Waals surface area contributed by atoms with Gasteiger partial charge in [-0.2, -0.15) is 0 Å². The summed E-state index contributed by atoms with van der Waals surface area (Å²) < 4.78 is 0. The zero-order valence-corrected chi connectivity index (χ0v) is 6.84. The van der Waals surface area contributed by atoms with E-state index >= 15 is 0 Å². The Morgan fingerprint density at radius 2 is 1.33 bits per heavy atom. The molecule has 0 N–H and O–H groups in total. The topological polar surface area (TPSA) is 68.3 Å². The van der Waals surface area contributed by atoms with Gasteiger partial charge in [-0.3, -0.25) is 19.2 Å². The maximum Gasteiger partial charge on any atom is 0.273 e. The Morgan fingerprint density at radius 1 is 1.00 bits per heavy atom. The van der Waals surface area contributed by atoms with Gasteiger partial charge >= 0.3 is 0 Å². The van der Waals surface area contributed by atoms with Gasteiger partial charge in [0.25, 0.3) is 11.6 Å². The second-order valence-electron chi connectivity index (χ2n) is 3.00. The molecule has 1 saturated carbocycles. The lowest BCUT2D eigenvalue weighted by Crippen LogP contribution is -2.30. The summed E-state index contributed by atoms with van der Waals surface area (Å²) in [5.41, 5.74) is -1.38. The number of carbonyl (C=O) groups excluding carboxylic acids is 4. The van der Waals surface area contributed by atoms with Crippen LogP contribution in [0.15, 0.2) is 0 Å². The molecule has 0 amide bonds. The van der Waals surface area contributed by atoms with Gasteiger partial charge in [0, 0.05) is 0 Å². The summed E-state index contributed by atoms with van der Waals surface area (Å²) in [4.78, 5) is 43.7. The summed E-state index contributed by atoms with van der Waals surface area (Å²) in [6.07, 6.45) is 0.197. The van der Waals surface area contributed by atoms with E-state index < -0.39 is 28.5 Å². The Bertz CT molecular complexity index is 274. The van der Waals surface area contributed by atoms with Gasteiger partial charge in [-0.15, -0.1) is 0 Å². The van der Waals surface area contributed by atoms with E-state index in [0.717, 1.165) is 0 Å². The molecule has 0 radical (unpaired) electrons. The van der Waals surface area contributed by atoms with E-state index in [1.54, 1.807) is 6.92 Å². The lowest BCUT2D eigenvalue weighted by molar-refractivity contribution is -0.142. The first-order valence-electron chi connectivity index (χ1n) is 3.63. The van der Waals surface area contributed by atoms with Crippen LogP contribution < -0.4 is 0 Å². The van der Waals surface area contributed by atoms with Crippen LogP contribution in [0.4, 0.5) is 0 Å². The SMILES string of the molecule is CCC1(C)C(=O)C(=O)C(=O)C1=O. The molecule has 4 heteroatoms. The second kappa shape index (κ2) is 2.33. The molecule has 12 heavy (non-hydrogen) atoms. The first-order chi connectivity index (χ1) is 5.45. The van der Waals surface area contributed by atoms with Crippen LogP contribution in [0, 0.1) is 5.41 Å². The first kappa shape index (κ1) is 8.77. The smallest absolute Gasteiger partial charge is 0.273 e. The number of rotatable bonds is 1. The average Bonchev–Trinajstić information content (AvgIpc) is 2.22. The van der Waals surface area contributed by atoms with Gasteiger partial charge in [0.15, 0.2) is 0 Å². The lowest BCUT2D eigenvalue weighted by atomic mass is 9.84. The minimum absolute atomic E-state index is 0.197. The van der Waals surface area contributed by atoms with E-state index in [0.29, 0.717) is 0 Å². The Hall–Kier alpha value is -1.32. The zero-order valence-electron chi connectivity index (χ0n) is 6.84. The Morgan fingerprint density at radius 3 is 1.50 bits per heavy atom. The molecule has 0 unspecified atom stereocenters. The lowest BCUT2D eigenvalue weighted by Gasteiger charge is -2.13. The van der Waals surface area contributed by atoms with Crippen LogP contribution >= 0.6 is 0 Å². The molecule has 0 heterocycles. The molecular weight excluding hydrogens is 160 g/mol. The van der Waals surface area contributed by atoms with Crippen molar-refractivity contribution >= 4 is 23.1 Å². The van der Waals surface area contributed by atoms with Gasteiger partial charge < -0.3 is 0 Å². The number of hydrogen-bond donors (Lipinski definition) is 0. The molecule has 0 aromatic heterocycles. The van der Waals surface area contributed by atoms with Crippen molar-refractivity contribution in [3.63, 3.8) is 0 Å². The van der Waals surface area contributed by atoms with Crippen LogP contribution in [0.5, 0.6) is 0 Å². The van der Waals surface area contributed by atoms with Crippen molar-refractivity contribution in [2.24, 2.45) is 5.41 Å². The highest BCUT2D eigenvalue weighted by Gasteiger charge is 2.55. The molecule has 1 aliphatic carbocycles. The average molecular weight is 168 g/mol. The van der Waals surface area contributed by atoms with Gasteiger partial charge in [0.2, 0.25) is 11.6 Å². The fourth-order valence-electron chi connectivity index (χ4n) is 1.13. The molecule has 0 aromatic rings. The fraction of sp³-hybridized carbons (Fsp3) is 0.500. The summed E-state index contributed by atoms with van der Waals surface area (Å²) >= 11 is 0. The van der Waals surface area contributed by atoms with Crippen LogP contribution in [0.2, 0.25) is 0 Å². The third-order valence-corrected chi connectivity index (χ3v) is 2.33. The predicted molar refractivity (Wildman–Crippen MR) is 38.4 cm³/mol. The van der Waals surface area contributed by atoms with Crippen LogP contribution in [-0.4, -0.2) is 23.1 Å². The van der Waals surface area contributed by atoms with Crippen LogP contribution in [-0.2, 0) is 19.2 Å². The van der Waals surface area contributed by atoms with Crippen molar-refractivity contribution < 1.29 is 19.2 Å². The molecule has 64 valence electrons. The molecule has 0 aliphatic heterocycles. The molecule has 1 fully saturated rings. The summed E-state index contributed by atoms with van der Waals surface area (Å²) in [7, 11) is 0. The standard InChI is InChI=1S/C8H8O4/c1-3-8(2)6(11)4(9)5(10)7(8)12/h3H2,1-2H3. The largest absolute Gasteiger partial charge is 0.289 e. The zero-order chi connectivity index (χ0) is 9.52. The van der Waals surface area contributed by atoms with Gasteiger partial charge in [0.05, 0.1) is 0 Å². The molecule has 1 aliphatic rings. The molecule has 0 aromatic carbocycles. The number of ketones is 4. The van der Waals surface area contributed by atoms with Gasteiger partial charge in [0.1, 0.15) is 5.41 Å². The Labute approximate surface area is 68.9 Å². The highest BCUT2D eigenvalue weighted by atomic mass is 16.2. The van der Waals surface area contributed by atoms with E-state index in [1.165, 1.54) is 6.92 Å². The summed E-state index contributed by atoms with van der Waals surface area (Å²) in [5.74, 6) is -4.05. The maximum absolute atomic E-state index is 11.1. The Kier molecular flexibility index (Phi) is 1.71. The van der Waals surface area contributed by atoms with Crippen LogP contribution in [0.3, 0.4) is 0 Å². The number of carbonyl (C=O) groups is 4. The molecule has 1 rings (SSSR count). The van der Waals surface area contributed by atoms with E-state index in [2.05, 4.69) is 0 Å². The highest BCUT2D eigenvalue weighted by Crippen LogP contribution is 2.29. The van der Waals surface area contributed by atoms with Crippen molar-refractivity contribution in [3.8, 4) is 0 Å². The quantitative estimate of drug-likeness (QED) is 0.398. The second-order valence-corrected chi connectivity index (χ2v) is 3.00. The van der Waals surface area contributed by atoms with Gasteiger partial charge in [-0.05, 0) is 13.3 Å². The molecular formula is C8H8O4. The van der Waals surface area contributed by atoms with Crippen molar-refractivity contribution in [1.29, 1.82) is 0 Å². The van der Waals surface area contributed by atoms with Crippen LogP contribution in [0.1, 0.15) is 20.3 Å². The first-order valence-corrected chi connectivity index (χ1v) is 3.63. The highest BCUT2D eigenvalue weighted by molar-refractivity contribution is 6.87. The minimum atomic E-state index is -1.38. The molecule has 0 saturated heterocycles. The molecule has 4 nitrogen and oxygen atoms in total. The normalized spacial score (nSPS) is 22.2. The van der Waals surface area contributed by atoms with Gasteiger partial charge in [-0.25, -0.2) is 0 Å². The van der Waals surface area contributed by atoms with Crippen LogP contribution in [0.25, 0.3) is 0 Å². The monoisotopic (exact) mass is 168 g/mol. The summed E-state index contributed by atoms with van der Waals surface area (Å²) in [6.45, 7) is 2.93. The number of Topliss-reactive ketones (excluding diaryl/α,β-unsaturated/α-hetero) is 4. The van der Waals surface area contributed by atoms with Crippen molar-refractivity contribution in [2.75, 3.05) is 0 Å². The third-order valence-electron chi connectivity index (χ3n) is 2.33. The molecule has 0 spiro atoms. The van der Waals surface area contributed by atoms with Crippen molar-refractivity contribution in [1.82, 2.24) is 0 Å². The predicted octanol–water partition coefficient (Wildman–Crippen LogP) is -0.307. The van der Waals surface area contributed by atoms with E-state index in [1.807, 2.05) is 0 Å². The molecule has 0 atom stereocenters. The van der Waals surface area contributed by atoms with E-state index in [4.69, 9.17) is 0 Å². The summed E-state index contributed by atoms with van der Waals surface area (Å²) in [6, 6.07) is 0. The van der Waals surface area contributed by atoms with E-state index in [9.17, 15) is 19.2 Å². The maximum atomic E-state index is 11.1. The summed E-state index contributed by atoms with van der Waals surface area (Å²) in [5, 5.41) is 0. The molecule has 0 bridgehead atoms.